The van der Waals surface area contributed by atoms with Gasteiger partial charge in [0.1, 0.15) is 35.5 Å². The molecule has 3 aliphatic rings. The lowest BCUT2D eigenvalue weighted by molar-refractivity contribution is -0.282. The van der Waals surface area contributed by atoms with Crippen LogP contribution in [0.4, 0.5) is 5.95 Å². The van der Waals surface area contributed by atoms with Gasteiger partial charge in [0.2, 0.25) is 56.8 Å². The van der Waals surface area contributed by atoms with Crippen molar-refractivity contribution in [2.75, 3.05) is 250 Å². The second-order valence-corrected chi connectivity index (χ2v) is 36.8. The number of anilines is 1. The Hall–Kier alpha value is -11.3. The van der Waals surface area contributed by atoms with Gasteiger partial charge in [-0.2, -0.15) is 23.9 Å². The van der Waals surface area contributed by atoms with E-state index in [1.165, 1.54) is 32.4 Å². The van der Waals surface area contributed by atoms with Crippen molar-refractivity contribution in [3.63, 3.8) is 0 Å². The predicted octanol–water partition coefficient (Wildman–Crippen LogP) is -2.98. The summed E-state index contributed by atoms with van der Waals surface area (Å²) >= 11 is 0. The molecule has 2 aromatic heterocycles. The van der Waals surface area contributed by atoms with Gasteiger partial charge in [-0.3, -0.25) is 77.1 Å². The summed E-state index contributed by atoms with van der Waals surface area (Å²) in [7, 11) is 4.26. The maximum Gasteiger partial charge on any atom is 0.373 e. The summed E-state index contributed by atoms with van der Waals surface area (Å²) in [6.45, 7) is 29.7. The number of carboxylic acid groups (broad SMARTS) is 3. The van der Waals surface area contributed by atoms with Crippen LogP contribution in [0.5, 0.6) is 5.75 Å². The third-order valence-electron chi connectivity index (χ3n) is 24.0. The normalized spacial score (nSPS) is 18.0. The van der Waals surface area contributed by atoms with Crippen molar-refractivity contribution in [1.82, 2.24) is 95.7 Å². The summed E-state index contributed by atoms with van der Waals surface area (Å²) in [4.78, 5) is 204. The fourth-order valence-corrected chi connectivity index (χ4v) is 17.1. The molecule has 3 fully saturated rings. The fraction of sp³-hybridized carbons (Fsp3) is 0.674. The van der Waals surface area contributed by atoms with Crippen LogP contribution in [0.15, 0.2) is 58.6 Å². The number of aromatic amines is 1. The van der Waals surface area contributed by atoms with Crippen LogP contribution in [0.3, 0.4) is 0 Å². The van der Waals surface area contributed by atoms with E-state index in [4.69, 9.17) is 53.3 Å². The molecule has 4 aromatic rings. The zero-order valence-corrected chi connectivity index (χ0v) is 87.2. The zero-order valence-electron chi connectivity index (χ0n) is 86.3. The lowest BCUT2D eigenvalue weighted by Crippen LogP contribution is -2.54. The third kappa shape index (κ3) is 51.8. The van der Waals surface area contributed by atoms with Crippen LogP contribution in [0.1, 0.15) is 126 Å². The van der Waals surface area contributed by atoms with Crippen LogP contribution in [0, 0.1) is 19.8 Å². The second-order valence-electron chi connectivity index (χ2n) is 35.1. The number of aliphatic carboxylic acids is 3. The molecule has 0 aliphatic carbocycles. The van der Waals surface area contributed by atoms with Crippen molar-refractivity contribution in [2.24, 2.45) is 18.7 Å². The first kappa shape index (κ1) is 129. The van der Waals surface area contributed by atoms with Crippen LogP contribution >= 0.6 is 0 Å². The molecule has 7 rings (SSSR count). The average molecular weight is 2090 g/mol. The Labute approximate surface area is 853 Å². The van der Waals surface area contributed by atoms with Crippen molar-refractivity contribution < 1.29 is 134 Å². The van der Waals surface area contributed by atoms with Crippen LogP contribution in [-0.4, -0.2) is 453 Å². The van der Waals surface area contributed by atoms with Crippen molar-refractivity contribution in [2.45, 2.75) is 167 Å². The van der Waals surface area contributed by atoms with E-state index in [9.17, 15) is 91.5 Å². The number of aliphatic hydroxyl groups excluding tert-OH is 2. The maximum absolute atomic E-state index is 13.5. The van der Waals surface area contributed by atoms with Gasteiger partial charge in [0.25, 0.3) is 5.91 Å². The Morgan fingerprint density at radius 1 is 0.575 bits per heavy atom. The zero-order chi connectivity index (χ0) is 109. The van der Waals surface area contributed by atoms with Crippen LogP contribution in [-0.2, 0) is 114 Å². The number of pyridine rings is 1. The molecule has 2 aromatic carbocycles. The van der Waals surface area contributed by atoms with Gasteiger partial charge in [0, 0.05) is 214 Å². The van der Waals surface area contributed by atoms with E-state index in [2.05, 4.69) is 97.6 Å². The van der Waals surface area contributed by atoms with Crippen molar-refractivity contribution in [3.05, 3.63) is 81.4 Å². The number of primary amides is 1. The number of benzene rings is 2. The van der Waals surface area contributed by atoms with Gasteiger partial charge >= 0.3 is 30.2 Å². The number of nitrogens with one attached hydrogen (secondary N) is 10. The van der Waals surface area contributed by atoms with Gasteiger partial charge in [-0.15, -0.1) is 0 Å². The number of fused-ring (bicyclic) bond motifs is 1. The highest BCUT2D eigenvalue weighted by molar-refractivity contribution is 7.89. The lowest BCUT2D eigenvalue weighted by atomic mass is 9.90. The second kappa shape index (κ2) is 72.9. The summed E-state index contributed by atoms with van der Waals surface area (Å²) in [6, 6.07) is 4.67. The standard InChI is InChI=1S/C41H57N7O11S.C31H59N7O9.C21H41N7O5.2CO2/c1-5-6-15-56-18-20-58-21-19-57-16-8-12-42-36(49)9-7-17-59-31-22-28(2)38(29(3)23-31)60(54,55)47-34(40(52)53)26-45-39(51)33-27-48(4)35-24-30(10-11-32(35)37(33)50)25-46-41-43-13-14-44-41;1-6-24-28(43)22(3)29(44)31(47-24)46-19-10-33-25(39)9-8-23(30(45)32-4)34-26(40)20-37-16-15-36(7-2)13-11-35(5)12-14-38(18-17-37)21-27(41)42;1-4-26-9-7-25(3)8-10-28(16-20(31)32)14-13-27(12-11-26)15-19(30)24-17(21(33)23-2)5-6-18(22)29;2*2-1-3/h10-11,13-14,22-24,27,34,47H,5-9,12,15-21,25-26H2,1-4H3,(H,42,49)(H,45,51)(H,52,53)(H2,43,44,46);22-24,28-29,31,43-44H,6-21H2,1-5H3,(H,32,45)(H,33,39)(H,34,40)(H,41,42);17H,4-16H2,1-3H3,(H2,22,29)(H,23,33)(H,24,30)(H,31,32);;/t;22?,23-,24?,28?,29?,31?;17-;;/m.11../s1. The van der Waals surface area contributed by atoms with Gasteiger partial charge in [-0.25, -0.2) is 13.4 Å². The van der Waals surface area contributed by atoms with E-state index >= 15 is 0 Å². The summed E-state index contributed by atoms with van der Waals surface area (Å²) in [5.74, 6) is -6.10. The number of aromatic nitrogens is 3. The molecule has 8 atom stereocenters. The number of carbonyl (C=O) groups is 11. The number of carboxylic acids is 3. The number of hydrogen-bond donors (Lipinski definition) is 16. The van der Waals surface area contributed by atoms with Crippen molar-refractivity contribution in [3.8, 4) is 5.75 Å². The Morgan fingerprint density at radius 3 is 1.52 bits per heavy atom. The average Bonchev–Trinajstić information content (AvgIpc) is 0.891. The Kier molecular flexibility index (Phi) is 64.3. The lowest BCUT2D eigenvalue weighted by Gasteiger charge is -2.41. The number of sulfonamides is 1. The summed E-state index contributed by atoms with van der Waals surface area (Å²) in [5, 5.41) is 71.0. The first-order chi connectivity index (χ1) is 69.6. The van der Waals surface area contributed by atoms with Crippen molar-refractivity contribution >= 4 is 104 Å². The molecule has 0 saturated carbocycles. The monoisotopic (exact) mass is 2090 g/mol. The summed E-state index contributed by atoms with van der Waals surface area (Å²) < 4.78 is 64.3. The maximum atomic E-state index is 13.5. The molecule has 0 spiro atoms. The van der Waals surface area contributed by atoms with Gasteiger partial charge in [-0.1, -0.05) is 47.1 Å². The number of aryl methyl sites for hydroxylation is 3. The molecule has 6 unspecified atom stereocenters. The van der Waals surface area contributed by atoms with Gasteiger partial charge < -0.3 is 131 Å². The molecule has 822 valence electrons. The number of H-pyrrole nitrogens is 1. The summed E-state index contributed by atoms with van der Waals surface area (Å²) in [6.07, 6.45) is 6.22. The third-order valence-corrected chi connectivity index (χ3v) is 25.7. The summed E-state index contributed by atoms with van der Waals surface area (Å²) in [5.41, 5.74) is 6.41. The highest BCUT2D eigenvalue weighted by Crippen LogP contribution is 2.29. The molecule has 3 aliphatic heterocycles. The van der Waals surface area contributed by atoms with Gasteiger partial charge in [0.15, 0.2) is 12.2 Å². The molecule has 0 bridgehead atoms. The Balaban J connectivity index is 0.000000569. The number of carbonyl (C=O) groups excluding carboxylic acids is 12. The minimum absolute atomic E-state index is 0.00780. The molecule has 3 saturated heterocycles. The van der Waals surface area contributed by atoms with Gasteiger partial charge in [0.05, 0.1) is 88.4 Å². The van der Waals surface area contributed by atoms with E-state index in [0.717, 1.165) is 90.5 Å². The van der Waals surface area contributed by atoms with E-state index < -0.39 is 106 Å². The highest BCUT2D eigenvalue weighted by Gasteiger charge is 2.42. The fourth-order valence-electron chi connectivity index (χ4n) is 15.5. The van der Waals surface area contributed by atoms with Crippen LogP contribution in [0.2, 0.25) is 0 Å². The number of unbranched alkanes of at least 4 members (excludes halogenated alkanes) is 1. The minimum atomic E-state index is -4.41. The van der Waals surface area contributed by atoms with Gasteiger partial charge in [-0.05, 0) is 121 Å². The number of imidazole rings is 1. The predicted molar refractivity (Wildman–Crippen MR) is 534 cm³/mol. The quantitative estimate of drug-likeness (QED) is 0.0196. The van der Waals surface area contributed by atoms with E-state index in [-0.39, 0.29) is 136 Å². The first-order valence-corrected chi connectivity index (χ1v) is 50.6. The van der Waals surface area contributed by atoms with Crippen LogP contribution < -0.4 is 63.2 Å². The van der Waals surface area contributed by atoms with E-state index in [0.29, 0.717) is 146 Å². The number of rotatable bonds is 53. The smallest absolute Gasteiger partial charge is 0.373 e. The number of aliphatic hydroxyl groups is 2. The Bertz CT molecular complexity index is 4820. The number of hydrogen-bond acceptors (Lipinski definition) is 36. The van der Waals surface area contributed by atoms with Crippen molar-refractivity contribution in [1.29, 1.82) is 0 Å². The molecule has 51 heteroatoms. The SMILES string of the molecule is CCC1OC(OCCNC(=O)CC[C@@H](NC(=O)CN2CCN(CC)CCN(C)CCN(CC(=O)O)CC2)C(=O)NC)C(O)C(C)C1O.CCCCOCCOCCOCCCNC(=O)CCCOc1cc(C)c(S(=O)(=O)NC(CNC(=O)c2cn(C)c3cc(CNc4ncc[nH]4)ccc3c2=O)C(=O)O)c(C)c1.CCN1CCN(C)CCN(CC(=O)O)CCN(CC(=O)N[C@H](CCC(N)=O)C(=O)NC)CC1.O=C=O.O=C=O. The number of likely N-dealkylation sites (N-methyl/N-ethyl adjacent to an activating group) is 6. The highest BCUT2D eigenvalue weighted by atomic mass is 32.2. The first-order valence-electron chi connectivity index (χ1n) is 49.1. The molecule has 17 N–H and O–H groups in total. The molecule has 146 heavy (non-hydrogen) atoms. The molecule has 8 amide bonds. The molecular formula is C95H157N21O29S. The van der Waals surface area contributed by atoms with E-state index in [1.807, 2.05) is 40.6 Å². The van der Waals surface area contributed by atoms with E-state index in [1.54, 1.807) is 63.0 Å². The number of ether oxygens (including phenoxy) is 6. The Morgan fingerprint density at radius 2 is 1.05 bits per heavy atom. The number of nitrogens with two attached hydrogens (primary N) is 1. The topological polar surface area (TPSA) is 658 Å². The van der Waals surface area contributed by atoms with Crippen LogP contribution in [0.25, 0.3) is 10.9 Å². The number of amides is 8. The molecule has 50 nitrogen and oxygen atoms in total. The number of nitrogens with zero attached hydrogens (tertiary/aromatic N) is 10. The molecular weight excluding hydrogens is 1930 g/mol. The molecule has 5 heterocycles. The largest absolute Gasteiger partial charge is 0.494 e. The minimum Gasteiger partial charge on any atom is -0.494 e. The molecule has 0 radical (unpaired) electrons.